The maximum absolute atomic E-state index is 8.63. The van der Waals surface area contributed by atoms with Crippen LogP contribution >= 0.6 is 0 Å². The van der Waals surface area contributed by atoms with Gasteiger partial charge in [-0.25, -0.2) is 0 Å². The van der Waals surface area contributed by atoms with E-state index in [2.05, 4.69) is 95.7 Å². The van der Waals surface area contributed by atoms with Gasteiger partial charge in [-0.15, -0.1) is 0 Å². The van der Waals surface area contributed by atoms with E-state index in [1.807, 2.05) is 12.1 Å². The molecule has 30 heavy (non-hydrogen) atoms. The van der Waals surface area contributed by atoms with Gasteiger partial charge in [0.1, 0.15) is 5.75 Å². The van der Waals surface area contributed by atoms with Gasteiger partial charge in [0.15, 0.2) is 0 Å². The minimum absolute atomic E-state index is 0.322. The molecule has 0 bridgehead atoms. The summed E-state index contributed by atoms with van der Waals surface area (Å²) in [7, 11) is 0. The molecule has 1 fully saturated rings. The third kappa shape index (κ3) is 7.78. The molecule has 5 rings (SSSR count). The first-order valence-electron chi connectivity index (χ1n) is 10.0. The summed E-state index contributed by atoms with van der Waals surface area (Å²) in [5.41, 5.74) is 4.94. The van der Waals surface area contributed by atoms with Crippen molar-refractivity contribution in [2.75, 3.05) is 13.2 Å². The normalized spacial score (nSPS) is 11.1. The van der Waals surface area contributed by atoms with Gasteiger partial charge in [-0.05, 0) is 40.5 Å². The van der Waals surface area contributed by atoms with Crippen molar-refractivity contribution < 1.29 is 9.84 Å². The Balaban J connectivity index is 0.000000209. The van der Waals surface area contributed by atoms with Crippen molar-refractivity contribution in [3.05, 3.63) is 138 Å². The number of phenols is 1. The molecule has 1 heterocycles. The van der Waals surface area contributed by atoms with Gasteiger partial charge in [0.25, 0.3) is 0 Å². The number of rotatable bonds is 3. The van der Waals surface area contributed by atoms with E-state index >= 15 is 0 Å². The van der Waals surface area contributed by atoms with Crippen LogP contribution in [0.5, 0.6) is 5.75 Å². The van der Waals surface area contributed by atoms with E-state index in [0.717, 1.165) is 13.2 Å². The van der Waals surface area contributed by atoms with E-state index in [-0.39, 0.29) is 0 Å². The van der Waals surface area contributed by atoms with Crippen molar-refractivity contribution in [2.24, 2.45) is 0 Å². The van der Waals surface area contributed by atoms with Crippen LogP contribution in [-0.2, 0) is 4.74 Å². The van der Waals surface area contributed by atoms with E-state index in [4.69, 9.17) is 5.11 Å². The standard InChI is InChI=1S/C20H16.C6H6O.C2H4O/c1-4-10-17(11-5-1)16-20(18-12-6-2-7-13-18)19-14-8-3-9-15-19;7-6-4-2-1-3-5-6;1-2-3-1/h1-16H;1-5,7H;1-2H2. The molecular formula is C28H26O2. The number of hydrogen-bond acceptors (Lipinski definition) is 2. The fraction of sp³-hybridized carbons (Fsp3) is 0.0714. The van der Waals surface area contributed by atoms with E-state index in [9.17, 15) is 0 Å². The Morgan fingerprint density at radius 2 is 0.933 bits per heavy atom. The number of phenolic OH excluding ortho intramolecular Hbond substituents is 1. The summed E-state index contributed by atoms with van der Waals surface area (Å²) in [6, 6.07) is 40.2. The van der Waals surface area contributed by atoms with Crippen LogP contribution < -0.4 is 0 Å². The van der Waals surface area contributed by atoms with E-state index in [1.54, 1.807) is 24.3 Å². The van der Waals surface area contributed by atoms with Crippen LogP contribution in [0.4, 0.5) is 0 Å². The summed E-state index contributed by atoms with van der Waals surface area (Å²) in [5, 5.41) is 8.63. The minimum Gasteiger partial charge on any atom is -0.508 e. The fourth-order valence-corrected chi connectivity index (χ4v) is 2.71. The molecule has 4 aromatic rings. The highest BCUT2D eigenvalue weighted by Gasteiger charge is 2.04. The van der Waals surface area contributed by atoms with Crippen LogP contribution in [0.15, 0.2) is 121 Å². The molecule has 0 atom stereocenters. The second-order valence-electron chi connectivity index (χ2n) is 6.65. The van der Waals surface area contributed by atoms with Crippen molar-refractivity contribution in [1.82, 2.24) is 0 Å². The first-order valence-corrected chi connectivity index (χ1v) is 10.0. The predicted octanol–water partition coefficient (Wildman–Crippen LogP) is 6.68. The summed E-state index contributed by atoms with van der Waals surface area (Å²) < 4.78 is 4.50. The average molecular weight is 395 g/mol. The monoisotopic (exact) mass is 394 g/mol. The smallest absolute Gasteiger partial charge is 0.115 e. The number of benzene rings is 4. The van der Waals surface area contributed by atoms with Crippen molar-refractivity contribution >= 4 is 11.6 Å². The quantitative estimate of drug-likeness (QED) is 0.310. The van der Waals surface area contributed by atoms with Crippen LogP contribution in [0, 0.1) is 0 Å². The predicted molar refractivity (Wildman–Crippen MR) is 125 cm³/mol. The summed E-state index contributed by atoms with van der Waals surface area (Å²) >= 11 is 0. The van der Waals surface area contributed by atoms with Crippen molar-refractivity contribution in [2.45, 2.75) is 0 Å². The van der Waals surface area contributed by atoms with Crippen molar-refractivity contribution in [3.8, 4) is 5.75 Å². The molecule has 4 aromatic carbocycles. The third-order valence-corrected chi connectivity index (χ3v) is 4.24. The van der Waals surface area contributed by atoms with Gasteiger partial charge < -0.3 is 9.84 Å². The maximum Gasteiger partial charge on any atom is 0.115 e. The lowest BCUT2D eigenvalue weighted by Crippen LogP contribution is -1.87. The lowest BCUT2D eigenvalue weighted by Gasteiger charge is -2.08. The molecule has 0 aliphatic carbocycles. The number of aromatic hydroxyl groups is 1. The molecule has 1 saturated heterocycles. The lowest BCUT2D eigenvalue weighted by molar-refractivity contribution is 0.475. The van der Waals surface area contributed by atoms with Gasteiger partial charge in [0.05, 0.1) is 13.2 Å². The highest BCUT2D eigenvalue weighted by Crippen LogP contribution is 2.25. The summed E-state index contributed by atoms with van der Waals surface area (Å²) in [5.74, 6) is 0.322. The number of ether oxygens (including phenoxy) is 1. The summed E-state index contributed by atoms with van der Waals surface area (Å²) in [6.45, 7) is 2.00. The molecule has 0 aromatic heterocycles. The second-order valence-corrected chi connectivity index (χ2v) is 6.65. The molecular weight excluding hydrogens is 368 g/mol. The maximum atomic E-state index is 8.63. The van der Waals surface area contributed by atoms with Gasteiger partial charge in [-0.1, -0.05) is 109 Å². The number of hydrogen-bond donors (Lipinski definition) is 1. The van der Waals surface area contributed by atoms with Gasteiger partial charge in [0, 0.05) is 0 Å². The first kappa shape index (κ1) is 21.1. The Bertz CT molecular complexity index is 949. The summed E-state index contributed by atoms with van der Waals surface area (Å²) in [4.78, 5) is 0. The van der Waals surface area contributed by atoms with E-state index in [1.165, 1.54) is 22.3 Å². The minimum atomic E-state index is 0.322. The zero-order valence-electron chi connectivity index (χ0n) is 16.9. The Morgan fingerprint density at radius 1 is 0.567 bits per heavy atom. The van der Waals surface area contributed by atoms with Gasteiger partial charge >= 0.3 is 0 Å². The van der Waals surface area contributed by atoms with Crippen LogP contribution in [0.25, 0.3) is 11.6 Å². The Labute approximate surface area is 178 Å². The molecule has 0 unspecified atom stereocenters. The molecule has 1 aliphatic rings. The fourth-order valence-electron chi connectivity index (χ4n) is 2.71. The van der Waals surface area contributed by atoms with Crippen LogP contribution in [-0.4, -0.2) is 18.3 Å². The molecule has 1 aliphatic heterocycles. The molecule has 0 amide bonds. The topological polar surface area (TPSA) is 32.8 Å². The Kier molecular flexibility index (Phi) is 8.48. The van der Waals surface area contributed by atoms with Crippen LogP contribution in [0.2, 0.25) is 0 Å². The number of para-hydroxylation sites is 1. The first-order chi connectivity index (χ1) is 14.8. The molecule has 2 heteroatoms. The molecule has 0 radical (unpaired) electrons. The Hall–Kier alpha value is -3.62. The highest BCUT2D eigenvalue weighted by atomic mass is 16.6. The zero-order valence-corrected chi connectivity index (χ0v) is 16.9. The van der Waals surface area contributed by atoms with E-state index < -0.39 is 0 Å². The molecule has 150 valence electrons. The molecule has 1 N–H and O–H groups in total. The molecule has 0 spiro atoms. The second kappa shape index (κ2) is 12.1. The van der Waals surface area contributed by atoms with Crippen LogP contribution in [0.1, 0.15) is 16.7 Å². The SMILES string of the molecule is C(=C(c1ccccc1)c1ccccc1)c1ccccc1.C1CO1.Oc1ccccc1. The summed E-state index contributed by atoms with van der Waals surface area (Å²) in [6.07, 6.45) is 2.24. The van der Waals surface area contributed by atoms with E-state index in [0.29, 0.717) is 5.75 Å². The van der Waals surface area contributed by atoms with Crippen LogP contribution in [0.3, 0.4) is 0 Å². The zero-order chi connectivity index (χ0) is 20.9. The van der Waals surface area contributed by atoms with Crippen molar-refractivity contribution in [3.63, 3.8) is 0 Å². The largest absolute Gasteiger partial charge is 0.508 e. The lowest BCUT2D eigenvalue weighted by atomic mass is 9.96. The highest BCUT2D eigenvalue weighted by molar-refractivity contribution is 5.91. The number of epoxide rings is 1. The van der Waals surface area contributed by atoms with Gasteiger partial charge in [-0.2, -0.15) is 0 Å². The molecule has 2 nitrogen and oxygen atoms in total. The average Bonchev–Trinajstić information content (AvgIpc) is 3.70. The van der Waals surface area contributed by atoms with Gasteiger partial charge in [-0.3, -0.25) is 0 Å². The van der Waals surface area contributed by atoms with Gasteiger partial charge in [0.2, 0.25) is 0 Å². The van der Waals surface area contributed by atoms with Crippen molar-refractivity contribution in [1.29, 1.82) is 0 Å². The molecule has 0 saturated carbocycles. The Morgan fingerprint density at radius 3 is 1.27 bits per heavy atom. The third-order valence-electron chi connectivity index (χ3n) is 4.24.